The molecule has 2 heterocycles. The molecule has 4 unspecified atom stereocenters. The number of hydrogen-bond acceptors (Lipinski definition) is 5. The van der Waals surface area contributed by atoms with Crippen LogP contribution in [0.4, 0.5) is 4.39 Å². The highest BCUT2D eigenvalue weighted by atomic mass is 19.1. The lowest BCUT2D eigenvalue weighted by Gasteiger charge is -2.45. The van der Waals surface area contributed by atoms with Crippen LogP contribution in [-0.2, 0) is 9.53 Å². The van der Waals surface area contributed by atoms with Crippen LogP contribution < -0.4 is 5.32 Å². The first-order chi connectivity index (χ1) is 19.2. The van der Waals surface area contributed by atoms with Gasteiger partial charge in [-0.15, -0.1) is 0 Å². The van der Waals surface area contributed by atoms with Crippen LogP contribution in [0.15, 0.2) is 24.3 Å². The molecule has 1 aromatic carbocycles. The van der Waals surface area contributed by atoms with E-state index in [4.69, 9.17) is 4.74 Å². The fourth-order valence-electron chi connectivity index (χ4n) is 8.07. The minimum atomic E-state index is -1.20. The van der Waals surface area contributed by atoms with Crippen molar-refractivity contribution in [2.24, 2.45) is 5.92 Å². The van der Waals surface area contributed by atoms with Crippen LogP contribution in [-0.4, -0.2) is 75.3 Å². The van der Waals surface area contributed by atoms with Crippen molar-refractivity contribution in [3.8, 4) is 0 Å². The zero-order chi connectivity index (χ0) is 28.1. The molecule has 2 aliphatic heterocycles. The quantitative estimate of drug-likeness (QED) is 0.554. The van der Waals surface area contributed by atoms with Gasteiger partial charge in [0.1, 0.15) is 18.0 Å². The Morgan fingerprint density at radius 1 is 0.950 bits per heavy atom. The zero-order valence-corrected chi connectivity index (χ0v) is 24.1. The molecule has 3 aliphatic carbocycles. The van der Waals surface area contributed by atoms with Gasteiger partial charge in [-0.2, -0.15) is 0 Å². The van der Waals surface area contributed by atoms with Gasteiger partial charge in [0.2, 0.25) is 0 Å². The van der Waals surface area contributed by atoms with Crippen LogP contribution in [0.3, 0.4) is 0 Å². The maximum absolute atomic E-state index is 14.9. The number of carbonyl (C=O) groups is 2. The molecular formula is C32H46FN3O4. The molecule has 3 saturated carbocycles. The summed E-state index contributed by atoms with van der Waals surface area (Å²) in [6, 6.07) is 7.51. The van der Waals surface area contributed by atoms with Gasteiger partial charge in [0.25, 0.3) is 11.8 Å². The van der Waals surface area contributed by atoms with Crippen LogP contribution in [0, 0.1) is 5.92 Å². The molecule has 0 bridgehead atoms. The number of aliphatic hydroxyl groups is 1. The Morgan fingerprint density at radius 2 is 1.57 bits per heavy atom. The van der Waals surface area contributed by atoms with Crippen molar-refractivity contribution in [1.82, 2.24) is 15.1 Å². The van der Waals surface area contributed by atoms with Crippen molar-refractivity contribution in [2.75, 3.05) is 13.1 Å². The molecule has 40 heavy (non-hydrogen) atoms. The van der Waals surface area contributed by atoms with E-state index >= 15 is 0 Å². The first-order valence-corrected chi connectivity index (χ1v) is 15.7. The smallest absolute Gasteiger partial charge is 0.255 e. The van der Waals surface area contributed by atoms with E-state index in [1.54, 1.807) is 4.90 Å². The van der Waals surface area contributed by atoms with Crippen LogP contribution >= 0.6 is 0 Å². The molecule has 6 atom stereocenters. The van der Waals surface area contributed by atoms with Gasteiger partial charge < -0.3 is 19.6 Å². The van der Waals surface area contributed by atoms with Gasteiger partial charge in [0.05, 0.1) is 5.60 Å². The molecular weight excluding hydrogens is 509 g/mol. The number of hydrogen-bond donors (Lipinski definition) is 2. The molecule has 0 radical (unpaired) electrons. The van der Waals surface area contributed by atoms with E-state index in [2.05, 4.69) is 5.32 Å². The van der Waals surface area contributed by atoms with E-state index in [9.17, 15) is 19.1 Å². The maximum Gasteiger partial charge on any atom is 0.255 e. The summed E-state index contributed by atoms with van der Waals surface area (Å²) in [5, 5.41) is 14.1. The Balaban J connectivity index is 1.14. The molecule has 7 nitrogen and oxygen atoms in total. The maximum atomic E-state index is 14.9. The van der Waals surface area contributed by atoms with E-state index in [1.165, 1.54) is 32.1 Å². The summed E-state index contributed by atoms with van der Waals surface area (Å²) < 4.78 is 21.7. The van der Waals surface area contributed by atoms with Gasteiger partial charge >= 0.3 is 0 Å². The molecule has 5 aliphatic rings. The van der Waals surface area contributed by atoms with Crippen molar-refractivity contribution in [3.05, 3.63) is 35.4 Å². The molecule has 2 N–H and O–H groups in total. The van der Waals surface area contributed by atoms with Gasteiger partial charge in [0.15, 0.2) is 0 Å². The summed E-state index contributed by atoms with van der Waals surface area (Å²) in [4.78, 5) is 29.8. The summed E-state index contributed by atoms with van der Waals surface area (Å²) >= 11 is 0. The lowest BCUT2D eigenvalue weighted by Crippen LogP contribution is -2.62. The number of carbonyl (C=O) groups excluding carboxylic acids is 2. The molecule has 6 rings (SSSR count). The summed E-state index contributed by atoms with van der Waals surface area (Å²) in [6.07, 6.45) is 10.2. The molecule has 2 saturated heterocycles. The monoisotopic (exact) mass is 555 g/mol. The Morgan fingerprint density at radius 3 is 2.20 bits per heavy atom. The number of amides is 2. The van der Waals surface area contributed by atoms with E-state index in [1.807, 2.05) is 43.0 Å². The molecule has 0 spiro atoms. The molecule has 8 heteroatoms. The third kappa shape index (κ3) is 5.20. The highest BCUT2D eigenvalue weighted by Crippen LogP contribution is 2.50. The largest absolute Gasteiger partial charge is 0.380 e. The third-order valence-corrected chi connectivity index (χ3v) is 10.4. The first-order valence-electron chi connectivity index (χ1n) is 15.7. The van der Waals surface area contributed by atoms with E-state index < -0.39 is 17.4 Å². The minimum absolute atomic E-state index is 0.0530. The van der Waals surface area contributed by atoms with Gasteiger partial charge in [-0.1, -0.05) is 44.2 Å². The van der Waals surface area contributed by atoms with E-state index in [-0.39, 0.29) is 36.2 Å². The number of halogens is 1. The SMILES string of the molecule is C[C@@H]1CN(C(=O)c2ccc(C3NC4CCC(F)CC4(C4CCCCCCC4)O3)cc2)C[C@H](C)N1C(=O)C1(O)CC1. The standard InChI is InChI=1S/C32H46FN3O4/c1-21-19-35(20-22(2)36(21)30(38)31(39)16-17-31)29(37)24-12-10-23(11-13-24)28-34-27-15-14-26(33)18-32(27,40-28)25-8-6-4-3-5-7-9-25/h10-13,21-22,25-28,34,39H,3-9,14-20H2,1-2H3/t21-,22+,26?,27?,28?,32?. The van der Waals surface area contributed by atoms with Crippen molar-refractivity contribution < 1.29 is 23.8 Å². The Labute approximate surface area is 237 Å². The summed E-state index contributed by atoms with van der Waals surface area (Å²) in [5.74, 6) is 0.123. The Hall–Kier alpha value is -2.03. The average Bonchev–Trinajstić information content (AvgIpc) is 3.55. The van der Waals surface area contributed by atoms with Gasteiger partial charge in [-0.25, -0.2) is 4.39 Å². The van der Waals surface area contributed by atoms with Crippen LogP contribution in [0.2, 0.25) is 0 Å². The highest BCUT2D eigenvalue weighted by molar-refractivity contribution is 5.95. The number of ether oxygens (including phenoxy) is 1. The molecule has 1 aromatic rings. The fourth-order valence-corrected chi connectivity index (χ4v) is 8.07. The number of rotatable bonds is 4. The number of fused-ring (bicyclic) bond motifs is 1. The minimum Gasteiger partial charge on any atom is -0.380 e. The lowest BCUT2D eigenvalue weighted by atomic mass is 9.68. The van der Waals surface area contributed by atoms with Crippen molar-refractivity contribution in [3.63, 3.8) is 0 Å². The highest BCUT2D eigenvalue weighted by Gasteiger charge is 2.56. The van der Waals surface area contributed by atoms with Gasteiger partial charge in [-0.3, -0.25) is 14.9 Å². The van der Waals surface area contributed by atoms with Crippen molar-refractivity contribution >= 4 is 11.8 Å². The van der Waals surface area contributed by atoms with Crippen molar-refractivity contribution in [1.29, 1.82) is 0 Å². The van der Waals surface area contributed by atoms with Crippen LogP contribution in [0.1, 0.15) is 113 Å². The Bertz CT molecular complexity index is 1070. The summed E-state index contributed by atoms with van der Waals surface area (Å²) in [6.45, 7) is 4.77. The predicted octanol–water partition coefficient (Wildman–Crippen LogP) is 4.88. The topological polar surface area (TPSA) is 82.1 Å². The predicted molar refractivity (Wildman–Crippen MR) is 150 cm³/mol. The summed E-state index contributed by atoms with van der Waals surface area (Å²) in [5.41, 5.74) is -0.0675. The Kier molecular flexibility index (Phi) is 7.72. The lowest BCUT2D eigenvalue weighted by molar-refractivity contribution is -0.150. The molecule has 220 valence electrons. The van der Waals surface area contributed by atoms with E-state index in [0.717, 1.165) is 24.8 Å². The number of alkyl halides is 1. The third-order valence-electron chi connectivity index (χ3n) is 10.4. The van der Waals surface area contributed by atoms with Crippen LogP contribution in [0.5, 0.6) is 0 Å². The first kappa shape index (κ1) is 28.1. The number of benzene rings is 1. The molecule has 0 aromatic heterocycles. The summed E-state index contributed by atoms with van der Waals surface area (Å²) in [7, 11) is 0. The second-order valence-electron chi connectivity index (χ2n) is 13.4. The van der Waals surface area contributed by atoms with Crippen molar-refractivity contribution in [2.45, 2.75) is 133 Å². The van der Waals surface area contributed by atoms with Gasteiger partial charge in [-0.05, 0) is 76.0 Å². The molecule has 2 amide bonds. The number of nitrogens with one attached hydrogen (secondary N) is 1. The van der Waals surface area contributed by atoms with E-state index in [0.29, 0.717) is 50.3 Å². The number of nitrogens with zero attached hydrogens (tertiary/aromatic N) is 2. The normalized spacial score (nSPS) is 36.5. The second kappa shape index (κ2) is 11.0. The fraction of sp³-hybridized carbons (Fsp3) is 0.750. The average molecular weight is 556 g/mol. The number of piperazine rings is 1. The second-order valence-corrected chi connectivity index (χ2v) is 13.4. The zero-order valence-electron chi connectivity index (χ0n) is 24.1. The van der Waals surface area contributed by atoms with Gasteiger partial charge in [0, 0.05) is 43.2 Å². The molecule has 5 fully saturated rings. The van der Waals surface area contributed by atoms with Crippen LogP contribution in [0.25, 0.3) is 0 Å².